The minimum absolute atomic E-state index is 0.0876. The fourth-order valence-electron chi connectivity index (χ4n) is 6.07. The van der Waals surface area contributed by atoms with Crippen molar-refractivity contribution in [3.8, 4) is 0 Å². The number of carbonyl (C=O) groups excluding carboxylic acids is 2. The molecule has 0 radical (unpaired) electrons. The molecule has 6 heteroatoms. The molecule has 1 N–H and O–H groups in total. The second kappa shape index (κ2) is 9.65. The zero-order valence-electron chi connectivity index (χ0n) is 20.6. The predicted molar refractivity (Wildman–Crippen MR) is 133 cm³/mol. The highest BCUT2D eigenvalue weighted by Gasteiger charge is 2.43. The van der Waals surface area contributed by atoms with Crippen LogP contribution in [0.5, 0.6) is 0 Å². The van der Waals surface area contributed by atoms with Crippen LogP contribution in [-0.4, -0.2) is 53.0 Å². The van der Waals surface area contributed by atoms with Crippen molar-refractivity contribution in [1.82, 2.24) is 15.2 Å². The summed E-state index contributed by atoms with van der Waals surface area (Å²) in [7, 11) is 0. The topological polar surface area (TPSA) is 71.5 Å². The number of benzene rings is 1. The smallest absolute Gasteiger partial charge is 0.254 e. The third-order valence-corrected chi connectivity index (χ3v) is 8.10. The molecule has 3 aliphatic rings. The SMILES string of the molecule is Cc1ccc2nc(C)cc(C(=O)N3CCC4(CCC(CNC(=O)C5CCCCC5)O4)CC3)c2c1. The zero-order chi connectivity index (χ0) is 23.7. The minimum atomic E-state index is -0.149. The fraction of sp³-hybridized carbons (Fsp3) is 0.607. The molecule has 3 fully saturated rings. The van der Waals surface area contributed by atoms with Crippen LogP contribution >= 0.6 is 0 Å². The quantitative estimate of drug-likeness (QED) is 0.713. The number of ether oxygens (including phenoxy) is 1. The van der Waals surface area contributed by atoms with Gasteiger partial charge in [0.25, 0.3) is 5.91 Å². The van der Waals surface area contributed by atoms with Crippen molar-refractivity contribution in [2.45, 2.75) is 83.3 Å². The Labute approximate surface area is 202 Å². The molecule has 3 heterocycles. The van der Waals surface area contributed by atoms with Gasteiger partial charge in [-0.2, -0.15) is 0 Å². The molecule has 182 valence electrons. The van der Waals surface area contributed by atoms with Crippen molar-refractivity contribution in [1.29, 1.82) is 0 Å². The number of hydrogen-bond donors (Lipinski definition) is 1. The van der Waals surface area contributed by atoms with Crippen LogP contribution in [0.4, 0.5) is 0 Å². The van der Waals surface area contributed by atoms with E-state index in [2.05, 4.69) is 16.4 Å². The summed E-state index contributed by atoms with van der Waals surface area (Å²) in [4.78, 5) is 32.6. The van der Waals surface area contributed by atoms with Crippen LogP contribution in [0.1, 0.15) is 79.4 Å². The Balaban J connectivity index is 1.17. The maximum absolute atomic E-state index is 13.5. The number of piperidine rings is 1. The lowest BCUT2D eigenvalue weighted by atomic mass is 9.88. The van der Waals surface area contributed by atoms with Crippen LogP contribution in [0.3, 0.4) is 0 Å². The Morgan fingerprint density at radius 3 is 2.59 bits per heavy atom. The van der Waals surface area contributed by atoms with Gasteiger partial charge in [-0.15, -0.1) is 0 Å². The Bertz CT molecular complexity index is 1070. The summed E-state index contributed by atoms with van der Waals surface area (Å²) in [5, 5.41) is 4.09. The van der Waals surface area contributed by atoms with Gasteiger partial charge in [0.15, 0.2) is 0 Å². The lowest BCUT2D eigenvalue weighted by molar-refractivity contribution is -0.127. The minimum Gasteiger partial charge on any atom is -0.370 e. The second-order valence-corrected chi connectivity index (χ2v) is 10.7. The van der Waals surface area contributed by atoms with E-state index in [4.69, 9.17) is 4.74 Å². The van der Waals surface area contributed by atoms with Crippen molar-refractivity contribution >= 4 is 22.7 Å². The number of fused-ring (bicyclic) bond motifs is 1. The lowest BCUT2D eigenvalue weighted by Gasteiger charge is -2.39. The van der Waals surface area contributed by atoms with E-state index in [9.17, 15) is 9.59 Å². The molecule has 1 atom stereocenters. The molecule has 1 aromatic carbocycles. The Hall–Kier alpha value is -2.47. The number of amides is 2. The van der Waals surface area contributed by atoms with E-state index in [1.807, 2.05) is 36.9 Å². The lowest BCUT2D eigenvalue weighted by Crippen LogP contribution is -2.47. The van der Waals surface area contributed by atoms with E-state index in [1.165, 1.54) is 19.3 Å². The molecule has 1 aliphatic carbocycles. The molecular formula is C28H37N3O3. The molecule has 5 rings (SSSR count). The van der Waals surface area contributed by atoms with E-state index < -0.39 is 0 Å². The van der Waals surface area contributed by atoms with Crippen molar-refractivity contribution in [2.24, 2.45) is 5.92 Å². The number of aryl methyl sites for hydroxylation is 2. The predicted octanol–water partition coefficient (Wildman–Crippen LogP) is 4.70. The highest BCUT2D eigenvalue weighted by Crippen LogP contribution is 2.39. The number of nitrogens with one attached hydrogen (secondary N) is 1. The summed E-state index contributed by atoms with van der Waals surface area (Å²) in [5.74, 6) is 0.486. The number of carbonyl (C=O) groups is 2. The van der Waals surface area contributed by atoms with E-state index in [-0.39, 0.29) is 29.4 Å². The highest BCUT2D eigenvalue weighted by atomic mass is 16.5. The molecule has 2 aromatic rings. The third-order valence-electron chi connectivity index (χ3n) is 8.10. The summed E-state index contributed by atoms with van der Waals surface area (Å²) in [6.45, 7) is 6.01. The number of nitrogens with zero attached hydrogens (tertiary/aromatic N) is 2. The standard InChI is InChI=1S/C28H37N3O3/c1-19-8-9-25-23(16-19)24(17-20(2)30-25)27(33)31-14-12-28(13-15-31)11-10-22(34-28)18-29-26(32)21-6-4-3-5-7-21/h8-9,16-17,21-22H,3-7,10-15,18H2,1-2H3,(H,29,32). The van der Waals surface area contributed by atoms with Gasteiger partial charge in [-0.25, -0.2) is 0 Å². The maximum Gasteiger partial charge on any atom is 0.254 e. The summed E-state index contributed by atoms with van der Waals surface area (Å²) >= 11 is 0. The Kier molecular flexibility index (Phi) is 6.61. The van der Waals surface area contributed by atoms with Crippen molar-refractivity contribution < 1.29 is 14.3 Å². The van der Waals surface area contributed by atoms with Gasteiger partial charge in [0.1, 0.15) is 0 Å². The van der Waals surface area contributed by atoms with Crippen LogP contribution in [0, 0.1) is 19.8 Å². The van der Waals surface area contributed by atoms with Gasteiger partial charge in [0, 0.05) is 36.6 Å². The summed E-state index contributed by atoms with van der Waals surface area (Å²) in [6.07, 6.45) is 9.43. The van der Waals surface area contributed by atoms with Gasteiger partial charge in [0.05, 0.1) is 22.8 Å². The van der Waals surface area contributed by atoms with Crippen molar-refractivity contribution in [2.75, 3.05) is 19.6 Å². The summed E-state index contributed by atoms with van der Waals surface area (Å²) in [5.41, 5.74) is 3.47. The summed E-state index contributed by atoms with van der Waals surface area (Å²) in [6, 6.07) is 8.02. The number of pyridine rings is 1. The molecule has 34 heavy (non-hydrogen) atoms. The zero-order valence-corrected chi connectivity index (χ0v) is 20.6. The normalized spacial score (nSPS) is 22.9. The Morgan fingerprint density at radius 1 is 1.06 bits per heavy atom. The molecule has 1 aromatic heterocycles. The van der Waals surface area contributed by atoms with Crippen molar-refractivity contribution in [3.63, 3.8) is 0 Å². The monoisotopic (exact) mass is 463 g/mol. The van der Waals surface area contributed by atoms with Gasteiger partial charge in [-0.05, 0) is 70.6 Å². The number of likely N-dealkylation sites (tertiary alicyclic amines) is 1. The Morgan fingerprint density at radius 2 is 1.82 bits per heavy atom. The first-order chi connectivity index (χ1) is 16.4. The van der Waals surface area contributed by atoms with E-state index in [0.717, 1.165) is 66.2 Å². The first kappa shape index (κ1) is 23.3. The van der Waals surface area contributed by atoms with Crippen LogP contribution in [-0.2, 0) is 9.53 Å². The first-order valence-corrected chi connectivity index (χ1v) is 13.1. The van der Waals surface area contributed by atoms with E-state index in [0.29, 0.717) is 19.6 Å². The molecule has 1 saturated carbocycles. The van der Waals surface area contributed by atoms with Gasteiger partial charge in [0.2, 0.25) is 5.91 Å². The van der Waals surface area contributed by atoms with Gasteiger partial charge in [-0.1, -0.05) is 30.9 Å². The molecule has 1 unspecified atom stereocenters. The van der Waals surface area contributed by atoms with Crippen molar-refractivity contribution in [3.05, 3.63) is 41.1 Å². The molecule has 0 bridgehead atoms. The largest absolute Gasteiger partial charge is 0.370 e. The van der Waals surface area contributed by atoms with Gasteiger partial charge >= 0.3 is 0 Å². The average Bonchev–Trinajstić information content (AvgIpc) is 3.25. The fourth-order valence-corrected chi connectivity index (χ4v) is 6.07. The average molecular weight is 464 g/mol. The first-order valence-electron chi connectivity index (χ1n) is 13.1. The van der Waals surface area contributed by atoms with Crippen LogP contribution in [0.25, 0.3) is 10.9 Å². The van der Waals surface area contributed by atoms with Gasteiger partial charge < -0.3 is 15.0 Å². The number of aromatic nitrogens is 1. The number of rotatable bonds is 4. The number of hydrogen-bond acceptors (Lipinski definition) is 4. The molecular weight excluding hydrogens is 426 g/mol. The third kappa shape index (κ3) is 4.83. The molecule has 2 aliphatic heterocycles. The molecule has 1 spiro atoms. The van der Waals surface area contributed by atoms with Crippen LogP contribution in [0.2, 0.25) is 0 Å². The highest BCUT2D eigenvalue weighted by molar-refractivity contribution is 6.06. The second-order valence-electron chi connectivity index (χ2n) is 10.7. The summed E-state index contributed by atoms with van der Waals surface area (Å²) < 4.78 is 6.50. The molecule has 2 saturated heterocycles. The van der Waals surface area contributed by atoms with Crippen LogP contribution in [0.15, 0.2) is 24.3 Å². The van der Waals surface area contributed by atoms with E-state index in [1.54, 1.807) is 0 Å². The van der Waals surface area contributed by atoms with Crippen LogP contribution < -0.4 is 5.32 Å². The molecule has 6 nitrogen and oxygen atoms in total. The maximum atomic E-state index is 13.5. The van der Waals surface area contributed by atoms with E-state index >= 15 is 0 Å². The van der Waals surface area contributed by atoms with Gasteiger partial charge in [-0.3, -0.25) is 14.6 Å². The molecule has 2 amide bonds.